The van der Waals surface area contributed by atoms with Crippen molar-refractivity contribution in [3.05, 3.63) is 99.7 Å². The quantitative estimate of drug-likeness (QED) is 0.268. The summed E-state index contributed by atoms with van der Waals surface area (Å²) in [6.07, 6.45) is 2.29. The van der Waals surface area contributed by atoms with Gasteiger partial charge in [-0.3, -0.25) is 0 Å². The van der Waals surface area contributed by atoms with Gasteiger partial charge in [-0.2, -0.15) is 11.1 Å². The fourth-order valence-corrected chi connectivity index (χ4v) is 11.1. The summed E-state index contributed by atoms with van der Waals surface area (Å²) in [5.41, 5.74) is 10.2. The predicted molar refractivity (Wildman–Crippen MR) is 117 cm³/mol. The maximum atomic E-state index is 7.18. The van der Waals surface area contributed by atoms with E-state index in [-0.39, 0.29) is 0 Å². The second-order valence-electron chi connectivity index (χ2n) is 8.07. The zero-order valence-electron chi connectivity index (χ0n) is 15.4. The first-order chi connectivity index (χ1) is 13.2. The number of hydrogen-bond donors (Lipinski definition) is 0. The van der Waals surface area contributed by atoms with Crippen LogP contribution in [0.4, 0.5) is 0 Å². The van der Waals surface area contributed by atoms with E-state index >= 15 is 0 Å². The second kappa shape index (κ2) is 5.47. The minimum atomic E-state index is -1.76. The highest BCUT2D eigenvalue weighted by Crippen LogP contribution is 2.63. The predicted octanol–water partition coefficient (Wildman–Crippen LogP) is 6.84. The molecule has 0 radical (unpaired) electrons. The van der Waals surface area contributed by atoms with Gasteiger partial charge in [0.2, 0.25) is 7.38 Å². The molecule has 1 atom stereocenters. The lowest BCUT2D eigenvalue weighted by Crippen LogP contribution is -2.18. The van der Waals surface area contributed by atoms with Crippen molar-refractivity contribution in [2.45, 2.75) is 31.7 Å². The number of allylic oxidation sites excluding steroid dienone is 1. The Hall–Kier alpha value is -2.09. The van der Waals surface area contributed by atoms with Crippen molar-refractivity contribution < 1.29 is 0 Å². The third kappa shape index (κ3) is 1.99. The summed E-state index contributed by atoms with van der Waals surface area (Å²) in [6.45, 7) is 2.27. The van der Waals surface area contributed by atoms with Crippen LogP contribution >= 0.6 is 11.1 Å². The highest BCUT2D eigenvalue weighted by atomic mass is 35.6. The van der Waals surface area contributed by atoms with Gasteiger partial charge in [0, 0.05) is 5.92 Å². The molecule has 132 valence electrons. The molecule has 0 aromatic heterocycles. The van der Waals surface area contributed by atoms with Gasteiger partial charge >= 0.3 is 0 Å². The van der Waals surface area contributed by atoms with Gasteiger partial charge in [0.25, 0.3) is 0 Å². The Bertz CT molecular complexity index is 1100. The molecular weight excluding hydrogens is 364 g/mol. The molecule has 0 nitrogen and oxygen atoms in total. The van der Waals surface area contributed by atoms with Gasteiger partial charge in [-0.05, 0) is 56.6 Å². The van der Waals surface area contributed by atoms with E-state index in [9.17, 15) is 0 Å². The monoisotopic (exact) mass is 384 g/mol. The third-order valence-electron chi connectivity index (χ3n) is 6.65. The van der Waals surface area contributed by atoms with E-state index in [1.54, 1.807) is 10.4 Å². The first-order valence-electron chi connectivity index (χ1n) is 9.97. The number of benzene rings is 3. The normalized spacial score (nSPS) is 21.7. The van der Waals surface area contributed by atoms with Gasteiger partial charge in [0.05, 0.1) is 0 Å². The molecule has 3 aliphatic rings. The molecule has 1 aliphatic heterocycles. The molecule has 3 aromatic rings. The largest absolute Gasteiger partial charge is 0.213 e. The third-order valence-corrected chi connectivity index (χ3v) is 12.1. The molecule has 2 aliphatic carbocycles. The number of rotatable bonds is 3. The molecule has 0 amide bonds. The van der Waals surface area contributed by atoms with Crippen LogP contribution in [0.1, 0.15) is 47.1 Å². The van der Waals surface area contributed by atoms with Crippen molar-refractivity contribution in [3.8, 4) is 11.1 Å². The van der Waals surface area contributed by atoms with Gasteiger partial charge in [0.15, 0.2) is 0 Å². The van der Waals surface area contributed by atoms with Gasteiger partial charge in [-0.25, -0.2) is 0 Å². The lowest BCUT2D eigenvalue weighted by Gasteiger charge is -2.22. The molecule has 3 aromatic carbocycles. The molecule has 0 saturated carbocycles. The molecule has 1 unspecified atom stereocenters. The first-order valence-corrected chi connectivity index (χ1v) is 13.2. The van der Waals surface area contributed by atoms with Crippen LogP contribution in [-0.2, 0) is 6.42 Å². The van der Waals surface area contributed by atoms with Gasteiger partial charge in [-0.15, -0.1) is 0 Å². The van der Waals surface area contributed by atoms with Crippen LogP contribution in [-0.4, -0.2) is 7.38 Å². The molecule has 0 bridgehead atoms. The summed E-state index contributed by atoms with van der Waals surface area (Å²) in [5.74, 6) is 0.330. The molecule has 0 spiro atoms. The maximum Gasteiger partial charge on any atom is 0.213 e. The summed E-state index contributed by atoms with van der Waals surface area (Å²) in [5, 5.41) is 3.20. The Morgan fingerprint density at radius 1 is 0.852 bits per heavy atom. The minimum Gasteiger partial charge on any atom is -0.155 e. The Balaban J connectivity index is 1.57. The zero-order chi connectivity index (χ0) is 18.2. The van der Waals surface area contributed by atoms with Gasteiger partial charge in [-0.1, -0.05) is 85.3 Å². The van der Waals surface area contributed by atoms with E-state index < -0.39 is 7.38 Å². The zero-order valence-corrected chi connectivity index (χ0v) is 17.2. The molecule has 0 fully saturated rings. The van der Waals surface area contributed by atoms with E-state index in [4.69, 9.17) is 11.1 Å². The van der Waals surface area contributed by atoms with Crippen molar-refractivity contribution in [2.24, 2.45) is 0 Å². The van der Waals surface area contributed by atoms with Crippen molar-refractivity contribution in [2.75, 3.05) is 0 Å². The molecule has 0 saturated heterocycles. The molecule has 2 heteroatoms. The SMILES string of the molecule is CCC[Si]1(Cl)C2=C1c1c(cccc1C1c3ccccc3-c3ccccc31)C2. The van der Waals surface area contributed by atoms with E-state index in [0.29, 0.717) is 5.92 Å². The highest BCUT2D eigenvalue weighted by molar-refractivity contribution is 7.42. The van der Waals surface area contributed by atoms with E-state index in [0.717, 1.165) is 6.42 Å². The van der Waals surface area contributed by atoms with E-state index in [2.05, 4.69) is 73.7 Å². The average Bonchev–Trinajstić information content (AvgIpc) is 3.02. The average molecular weight is 385 g/mol. The van der Waals surface area contributed by atoms with Crippen molar-refractivity contribution in [3.63, 3.8) is 0 Å². The number of fused-ring (bicyclic) bond motifs is 5. The van der Waals surface area contributed by atoms with E-state index in [1.165, 1.54) is 51.4 Å². The fourth-order valence-electron chi connectivity index (χ4n) is 5.54. The fraction of sp³-hybridized carbons (Fsp3) is 0.200. The summed E-state index contributed by atoms with van der Waals surface area (Å²) < 4.78 is 0. The maximum absolute atomic E-state index is 7.18. The lowest BCUT2D eigenvalue weighted by atomic mass is 9.85. The van der Waals surface area contributed by atoms with E-state index in [1.807, 2.05) is 0 Å². The van der Waals surface area contributed by atoms with Gasteiger partial charge < -0.3 is 0 Å². The van der Waals surface area contributed by atoms with Crippen LogP contribution in [0.5, 0.6) is 0 Å². The Kier molecular flexibility index (Phi) is 3.22. The minimum absolute atomic E-state index is 0.330. The first kappa shape index (κ1) is 15.9. The lowest BCUT2D eigenvalue weighted by molar-refractivity contribution is 1.00. The smallest absolute Gasteiger partial charge is 0.155 e. The molecule has 6 rings (SSSR count). The van der Waals surface area contributed by atoms with Crippen LogP contribution in [0.2, 0.25) is 6.04 Å². The Morgan fingerprint density at radius 2 is 1.48 bits per heavy atom. The van der Waals surface area contributed by atoms with Crippen LogP contribution in [0.25, 0.3) is 16.3 Å². The second-order valence-corrected chi connectivity index (χ2v) is 13.2. The molecule has 1 heterocycles. The van der Waals surface area contributed by atoms with Gasteiger partial charge in [0.1, 0.15) is 0 Å². The van der Waals surface area contributed by atoms with Crippen molar-refractivity contribution >= 4 is 23.7 Å². The van der Waals surface area contributed by atoms with Crippen LogP contribution in [0.15, 0.2) is 71.9 Å². The standard InChI is InChI=1S/C25H21ClSi/c1-2-14-27(26)22-15-16-8-7-13-21(23(16)25(22)27)24-19-11-5-3-9-17(19)18-10-4-6-12-20(18)24/h3-13,24H,2,14-15H2,1H3. The number of hydrogen-bond acceptors (Lipinski definition) is 0. The van der Waals surface area contributed by atoms with Crippen molar-refractivity contribution in [1.29, 1.82) is 0 Å². The number of halogens is 1. The van der Waals surface area contributed by atoms with Crippen LogP contribution in [0, 0.1) is 0 Å². The summed E-state index contributed by atoms with van der Waals surface area (Å²) in [6, 6.07) is 26.0. The molecule has 0 N–H and O–H groups in total. The highest BCUT2D eigenvalue weighted by Gasteiger charge is 2.58. The molecular formula is C25H21ClSi. The topological polar surface area (TPSA) is 0 Å². The summed E-state index contributed by atoms with van der Waals surface area (Å²) >= 11 is 7.18. The van der Waals surface area contributed by atoms with Crippen molar-refractivity contribution in [1.82, 2.24) is 0 Å². The Labute approximate surface area is 166 Å². The summed E-state index contributed by atoms with van der Waals surface area (Å²) in [4.78, 5) is 0. The summed E-state index contributed by atoms with van der Waals surface area (Å²) in [7, 11) is -1.76. The van der Waals surface area contributed by atoms with Crippen LogP contribution in [0.3, 0.4) is 0 Å². The molecule has 27 heavy (non-hydrogen) atoms. The Morgan fingerprint density at radius 3 is 2.15 bits per heavy atom. The van der Waals surface area contributed by atoms with Crippen LogP contribution < -0.4 is 0 Å².